The third kappa shape index (κ3) is 3.03. The molecule has 0 aliphatic rings. The van der Waals surface area contributed by atoms with E-state index in [-0.39, 0.29) is 0 Å². The lowest BCUT2D eigenvalue weighted by Crippen LogP contribution is -2.27. The van der Waals surface area contributed by atoms with Crippen LogP contribution in [0.1, 0.15) is 5.56 Å². The molecule has 0 saturated carbocycles. The molecule has 1 aromatic rings. The molecular weight excluding hydrogens is 216 g/mol. The van der Waals surface area contributed by atoms with Crippen LogP contribution in [0.4, 0.5) is 5.69 Å². The lowest BCUT2D eigenvalue weighted by Gasteiger charge is -2.23. The van der Waals surface area contributed by atoms with Gasteiger partial charge in [-0.05, 0) is 26.1 Å². The summed E-state index contributed by atoms with van der Waals surface area (Å²) in [5, 5.41) is 3.14. The van der Waals surface area contributed by atoms with Gasteiger partial charge < -0.3 is 19.7 Å². The molecule has 0 amide bonds. The Balaban J connectivity index is 3.03. The first-order valence-corrected chi connectivity index (χ1v) is 5.73. The van der Waals surface area contributed by atoms with Gasteiger partial charge >= 0.3 is 0 Å². The average molecular weight is 238 g/mol. The lowest BCUT2D eigenvalue weighted by molar-refractivity contribution is 0.389. The van der Waals surface area contributed by atoms with Crippen molar-refractivity contribution in [3.05, 3.63) is 17.7 Å². The van der Waals surface area contributed by atoms with Crippen molar-refractivity contribution in [3.8, 4) is 11.5 Å². The van der Waals surface area contributed by atoms with Crippen molar-refractivity contribution >= 4 is 5.69 Å². The molecule has 1 aromatic carbocycles. The normalized spacial score (nSPS) is 10.2. The van der Waals surface area contributed by atoms with Gasteiger partial charge in [0.25, 0.3) is 0 Å². The number of anilines is 1. The summed E-state index contributed by atoms with van der Waals surface area (Å²) >= 11 is 0. The van der Waals surface area contributed by atoms with Crippen LogP contribution in [0.5, 0.6) is 11.5 Å². The molecule has 0 heterocycles. The van der Waals surface area contributed by atoms with Gasteiger partial charge in [0.2, 0.25) is 0 Å². The van der Waals surface area contributed by atoms with Crippen molar-refractivity contribution < 1.29 is 9.47 Å². The Labute approximate surface area is 104 Å². The molecule has 17 heavy (non-hydrogen) atoms. The van der Waals surface area contributed by atoms with Crippen LogP contribution in [0, 0.1) is 6.92 Å². The summed E-state index contributed by atoms with van der Waals surface area (Å²) in [6, 6.07) is 4.00. The second-order valence-corrected chi connectivity index (χ2v) is 3.97. The fourth-order valence-electron chi connectivity index (χ4n) is 1.84. The number of benzene rings is 1. The van der Waals surface area contributed by atoms with E-state index in [0.29, 0.717) is 0 Å². The van der Waals surface area contributed by atoms with Crippen LogP contribution >= 0.6 is 0 Å². The Morgan fingerprint density at radius 3 is 2.47 bits per heavy atom. The van der Waals surface area contributed by atoms with Crippen molar-refractivity contribution in [2.45, 2.75) is 6.92 Å². The summed E-state index contributed by atoms with van der Waals surface area (Å²) in [5.41, 5.74) is 2.12. The number of rotatable bonds is 6. The van der Waals surface area contributed by atoms with Crippen molar-refractivity contribution in [2.75, 3.05) is 46.3 Å². The minimum absolute atomic E-state index is 0.854. The molecule has 1 rings (SSSR count). The van der Waals surface area contributed by atoms with Gasteiger partial charge in [0.05, 0.1) is 19.9 Å². The van der Waals surface area contributed by atoms with E-state index in [2.05, 4.69) is 17.3 Å². The molecule has 4 nitrogen and oxygen atoms in total. The second-order valence-electron chi connectivity index (χ2n) is 3.97. The predicted molar refractivity (Wildman–Crippen MR) is 71.5 cm³/mol. The minimum Gasteiger partial charge on any atom is -0.496 e. The topological polar surface area (TPSA) is 33.7 Å². The molecule has 0 bridgehead atoms. The zero-order chi connectivity index (χ0) is 12.8. The SMILES string of the molecule is CNCCN(C)c1ccc(OC)c(C)c1OC. The molecular formula is C13H22N2O2. The van der Waals surface area contributed by atoms with Crippen molar-refractivity contribution in [1.82, 2.24) is 5.32 Å². The quantitative estimate of drug-likeness (QED) is 0.817. The number of nitrogens with one attached hydrogen (secondary N) is 1. The Hall–Kier alpha value is -1.42. The van der Waals surface area contributed by atoms with E-state index < -0.39 is 0 Å². The number of likely N-dealkylation sites (N-methyl/N-ethyl adjacent to an activating group) is 2. The zero-order valence-corrected chi connectivity index (χ0v) is 11.3. The third-order valence-electron chi connectivity index (χ3n) is 2.87. The maximum absolute atomic E-state index is 5.48. The molecule has 0 fully saturated rings. The summed E-state index contributed by atoms with van der Waals surface area (Å²) in [7, 11) is 7.37. The molecule has 0 aliphatic carbocycles. The Morgan fingerprint density at radius 1 is 1.24 bits per heavy atom. The van der Waals surface area contributed by atoms with Gasteiger partial charge in [0.1, 0.15) is 11.5 Å². The van der Waals surface area contributed by atoms with Crippen LogP contribution in [0.25, 0.3) is 0 Å². The van der Waals surface area contributed by atoms with Gasteiger partial charge in [-0.1, -0.05) is 0 Å². The van der Waals surface area contributed by atoms with Crippen LogP contribution < -0.4 is 19.7 Å². The number of hydrogen-bond acceptors (Lipinski definition) is 4. The van der Waals surface area contributed by atoms with Gasteiger partial charge in [0, 0.05) is 25.7 Å². The van der Waals surface area contributed by atoms with E-state index in [0.717, 1.165) is 35.8 Å². The van der Waals surface area contributed by atoms with E-state index in [4.69, 9.17) is 9.47 Å². The van der Waals surface area contributed by atoms with E-state index >= 15 is 0 Å². The van der Waals surface area contributed by atoms with E-state index in [1.807, 2.05) is 26.1 Å². The lowest BCUT2D eigenvalue weighted by atomic mass is 10.1. The number of methoxy groups -OCH3 is 2. The molecule has 0 radical (unpaired) electrons. The zero-order valence-electron chi connectivity index (χ0n) is 11.3. The maximum atomic E-state index is 5.48. The molecule has 4 heteroatoms. The fourth-order valence-corrected chi connectivity index (χ4v) is 1.84. The third-order valence-corrected chi connectivity index (χ3v) is 2.87. The summed E-state index contributed by atoms with van der Waals surface area (Å²) in [4.78, 5) is 2.17. The van der Waals surface area contributed by atoms with Gasteiger partial charge in [-0.2, -0.15) is 0 Å². The number of nitrogens with zero attached hydrogens (tertiary/aromatic N) is 1. The molecule has 0 aliphatic heterocycles. The average Bonchev–Trinajstić information content (AvgIpc) is 2.35. The van der Waals surface area contributed by atoms with Gasteiger partial charge in [-0.15, -0.1) is 0 Å². The first kappa shape index (κ1) is 13.6. The van der Waals surface area contributed by atoms with Crippen LogP contribution in [-0.4, -0.2) is 41.4 Å². The molecule has 0 spiro atoms. The molecule has 0 aromatic heterocycles. The molecule has 1 N–H and O–H groups in total. The highest BCUT2D eigenvalue weighted by Crippen LogP contribution is 2.36. The molecule has 0 unspecified atom stereocenters. The Morgan fingerprint density at radius 2 is 1.94 bits per heavy atom. The monoisotopic (exact) mass is 238 g/mol. The standard InChI is InChI=1S/C13H22N2O2/c1-10-12(16-4)7-6-11(13(10)17-5)15(3)9-8-14-2/h6-7,14H,8-9H2,1-5H3. The van der Waals surface area contributed by atoms with Gasteiger partial charge in [-0.25, -0.2) is 0 Å². The van der Waals surface area contributed by atoms with Gasteiger partial charge in [-0.3, -0.25) is 0 Å². The maximum Gasteiger partial charge on any atom is 0.148 e. The number of ether oxygens (including phenoxy) is 2. The van der Waals surface area contributed by atoms with E-state index in [9.17, 15) is 0 Å². The smallest absolute Gasteiger partial charge is 0.148 e. The highest BCUT2D eigenvalue weighted by molar-refractivity contribution is 5.65. The Kier molecular flexibility index (Phi) is 5.10. The van der Waals surface area contributed by atoms with Gasteiger partial charge in [0.15, 0.2) is 0 Å². The molecule has 0 atom stereocenters. The summed E-state index contributed by atoms with van der Waals surface area (Å²) in [6.45, 7) is 3.87. The van der Waals surface area contributed by atoms with Crippen LogP contribution in [0.15, 0.2) is 12.1 Å². The van der Waals surface area contributed by atoms with E-state index in [1.54, 1.807) is 14.2 Å². The largest absolute Gasteiger partial charge is 0.496 e. The highest BCUT2D eigenvalue weighted by Gasteiger charge is 2.13. The fraction of sp³-hybridized carbons (Fsp3) is 0.538. The minimum atomic E-state index is 0.854. The Bertz CT molecular complexity index is 367. The van der Waals surface area contributed by atoms with Crippen molar-refractivity contribution in [1.29, 1.82) is 0 Å². The number of hydrogen-bond donors (Lipinski definition) is 1. The van der Waals surface area contributed by atoms with Crippen LogP contribution in [0.3, 0.4) is 0 Å². The summed E-state index contributed by atoms with van der Waals surface area (Å²) < 4.78 is 10.8. The highest BCUT2D eigenvalue weighted by atomic mass is 16.5. The van der Waals surface area contributed by atoms with Crippen LogP contribution in [0.2, 0.25) is 0 Å². The second kappa shape index (κ2) is 6.35. The summed E-state index contributed by atoms with van der Waals surface area (Å²) in [6.07, 6.45) is 0. The molecule has 0 saturated heterocycles. The first-order valence-electron chi connectivity index (χ1n) is 5.73. The van der Waals surface area contributed by atoms with Crippen molar-refractivity contribution in [2.24, 2.45) is 0 Å². The predicted octanol–water partition coefficient (Wildman–Crippen LogP) is 1.67. The molecule has 96 valence electrons. The van der Waals surface area contributed by atoms with Crippen LogP contribution in [-0.2, 0) is 0 Å². The van der Waals surface area contributed by atoms with Crippen molar-refractivity contribution in [3.63, 3.8) is 0 Å². The van der Waals surface area contributed by atoms with E-state index in [1.165, 1.54) is 0 Å². The summed E-state index contributed by atoms with van der Waals surface area (Å²) in [5.74, 6) is 1.73. The first-order chi connectivity index (χ1) is 8.15.